The fourth-order valence-electron chi connectivity index (χ4n) is 2.52. The molecule has 1 aromatic carbocycles. The van der Waals surface area contributed by atoms with E-state index in [2.05, 4.69) is 28.4 Å². The molecule has 0 aliphatic carbocycles. The summed E-state index contributed by atoms with van der Waals surface area (Å²) in [5.41, 5.74) is 9.12. The van der Waals surface area contributed by atoms with Crippen LogP contribution in [0.3, 0.4) is 0 Å². The molecule has 0 atom stereocenters. The van der Waals surface area contributed by atoms with Crippen LogP contribution >= 0.6 is 11.3 Å². The summed E-state index contributed by atoms with van der Waals surface area (Å²) in [5.74, 6) is -0.253. The Morgan fingerprint density at radius 2 is 2.00 bits per heavy atom. The first-order chi connectivity index (χ1) is 10.2. The minimum atomic E-state index is -0.253. The number of amides is 1. The molecule has 6 heteroatoms. The van der Waals surface area contributed by atoms with Crippen LogP contribution < -0.4 is 16.0 Å². The SMILES string of the molecule is CNC(=O)c1sc(N2Cc3ccccc3C2)c(C#N)c1N. The second-order valence-electron chi connectivity index (χ2n) is 4.84. The number of hydrogen-bond acceptors (Lipinski definition) is 5. The Morgan fingerprint density at radius 3 is 2.52 bits per heavy atom. The van der Waals surface area contributed by atoms with Crippen molar-refractivity contribution >= 4 is 27.9 Å². The highest BCUT2D eigenvalue weighted by molar-refractivity contribution is 7.19. The van der Waals surface area contributed by atoms with Crippen LogP contribution in [0.2, 0.25) is 0 Å². The number of thiophene rings is 1. The van der Waals surface area contributed by atoms with Gasteiger partial charge in [-0.3, -0.25) is 4.79 Å². The average Bonchev–Trinajstić information content (AvgIpc) is 3.06. The number of nitriles is 1. The third-order valence-electron chi connectivity index (χ3n) is 3.60. The lowest BCUT2D eigenvalue weighted by Crippen LogP contribution is -2.17. The first-order valence-electron chi connectivity index (χ1n) is 6.52. The molecular formula is C15H14N4OS. The van der Waals surface area contributed by atoms with E-state index in [1.165, 1.54) is 22.5 Å². The molecule has 0 fully saturated rings. The molecule has 1 aliphatic rings. The molecule has 2 aromatic rings. The van der Waals surface area contributed by atoms with Crippen molar-refractivity contribution in [3.63, 3.8) is 0 Å². The van der Waals surface area contributed by atoms with Crippen LogP contribution in [0.15, 0.2) is 24.3 Å². The number of nitrogens with two attached hydrogens (primary N) is 1. The average molecular weight is 298 g/mol. The van der Waals surface area contributed by atoms with Crippen molar-refractivity contribution in [2.45, 2.75) is 13.1 Å². The van der Waals surface area contributed by atoms with Crippen LogP contribution in [0.1, 0.15) is 26.4 Å². The summed E-state index contributed by atoms with van der Waals surface area (Å²) in [6, 6.07) is 10.3. The van der Waals surface area contributed by atoms with Crippen LogP contribution in [0.5, 0.6) is 0 Å². The highest BCUT2D eigenvalue weighted by atomic mass is 32.1. The Morgan fingerprint density at radius 1 is 1.38 bits per heavy atom. The highest BCUT2D eigenvalue weighted by Gasteiger charge is 2.27. The monoisotopic (exact) mass is 298 g/mol. The molecule has 0 saturated heterocycles. The summed E-state index contributed by atoms with van der Waals surface area (Å²) < 4.78 is 0. The minimum Gasteiger partial charge on any atom is -0.396 e. The Hall–Kier alpha value is -2.52. The molecule has 1 amide bonds. The number of rotatable bonds is 2. The summed E-state index contributed by atoms with van der Waals surface area (Å²) in [4.78, 5) is 14.3. The van der Waals surface area contributed by atoms with Crippen LogP contribution in [-0.4, -0.2) is 13.0 Å². The number of nitrogen functional groups attached to an aromatic ring is 1. The zero-order valence-corrected chi connectivity index (χ0v) is 12.3. The number of hydrogen-bond donors (Lipinski definition) is 2. The lowest BCUT2D eigenvalue weighted by Gasteiger charge is -2.15. The lowest BCUT2D eigenvalue weighted by atomic mass is 10.1. The van der Waals surface area contributed by atoms with Gasteiger partial charge in [-0.2, -0.15) is 5.26 Å². The van der Waals surface area contributed by atoms with Gasteiger partial charge in [-0.15, -0.1) is 11.3 Å². The maximum Gasteiger partial charge on any atom is 0.263 e. The molecule has 0 spiro atoms. The summed E-state index contributed by atoms with van der Waals surface area (Å²) in [6.07, 6.45) is 0. The van der Waals surface area contributed by atoms with Gasteiger partial charge >= 0.3 is 0 Å². The fourth-order valence-corrected chi connectivity index (χ4v) is 3.64. The van der Waals surface area contributed by atoms with Crippen molar-refractivity contribution in [2.75, 3.05) is 17.7 Å². The predicted molar refractivity (Wildman–Crippen MR) is 83.2 cm³/mol. The van der Waals surface area contributed by atoms with Crippen molar-refractivity contribution < 1.29 is 4.79 Å². The number of nitrogens with zero attached hydrogens (tertiary/aromatic N) is 2. The molecule has 5 nitrogen and oxygen atoms in total. The van der Waals surface area contributed by atoms with E-state index in [1.54, 1.807) is 7.05 Å². The van der Waals surface area contributed by atoms with Crippen LogP contribution in [0.25, 0.3) is 0 Å². The molecule has 0 unspecified atom stereocenters. The van der Waals surface area contributed by atoms with Crippen LogP contribution in [0.4, 0.5) is 10.7 Å². The number of nitrogens with one attached hydrogen (secondary N) is 1. The van der Waals surface area contributed by atoms with E-state index < -0.39 is 0 Å². The molecule has 3 N–H and O–H groups in total. The van der Waals surface area contributed by atoms with E-state index in [-0.39, 0.29) is 11.6 Å². The molecule has 0 bridgehead atoms. The third kappa shape index (κ3) is 2.12. The van der Waals surface area contributed by atoms with E-state index in [0.717, 1.165) is 18.1 Å². The quantitative estimate of drug-likeness (QED) is 0.889. The Balaban J connectivity index is 2.01. The van der Waals surface area contributed by atoms with Gasteiger partial charge in [0.25, 0.3) is 5.91 Å². The molecule has 106 valence electrons. The minimum absolute atomic E-state index is 0.253. The Bertz CT molecular complexity index is 735. The van der Waals surface area contributed by atoms with Gasteiger partial charge in [0.15, 0.2) is 0 Å². The maximum absolute atomic E-state index is 11.8. The molecule has 0 radical (unpaired) electrons. The topological polar surface area (TPSA) is 82.2 Å². The van der Waals surface area contributed by atoms with E-state index in [4.69, 9.17) is 5.73 Å². The first kappa shape index (κ1) is 13.5. The van der Waals surface area contributed by atoms with Crippen LogP contribution in [0, 0.1) is 11.3 Å². The second kappa shape index (κ2) is 5.11. The lowest BCUT2D eigenvalue weighted by molar-refractivity contribution is 0.0968. The summed E-state index contributed by atoms with van der Waals surface area (Å²) in [7, 11) is 1.55. The zero-order chi connectivity index (χ0) is 15.0. The van der Waals surface area contributed by atoms with Gasteiger partial charge in [-0.25, -0.2) is 0 Å². The van der Waals surface area contributed by atoms with Gasteiger partial charge in [0.2, 0.25) is 0 Å². The summed E-state index contributed by atoms with van der Waals surface area (Å²) in [6.45, 7) is 1.47. The molecular weight excluding hydrogens is 284 g/mol. The van der Waals surface area contributed by atoms with Gasteiger partial charge in [0, 0.05) is 20.1 Å². The first-order valence-corrected chi connectivity index (χ1v) is 7.33. The van der Waals surface area contributed by atoms with E-state index in [0.29, 0.717) is 10.4 Å². The van der Waals surface area contributed by atoms with Gasteiger partial charge in [-0.1, -0.05) is 24.3 Å². The number of fused-ring (bicyclic) bond motifs is 1. The number of carbonyl (C=O) groups is 1. The van der Waals surface area contributed by atoms with E-state index >= 15 is 0 Å². The predicted octanol–water partition coefficient (Wildman–Crippen LogP) is 2.08. The molecule has 1 aromatic heterocycles. The molecule has 21 heavy (non-hydrogen) atoms. The Labute approximate surface area is 126 Å². The standard InChI is InChI=1S/C15H14N4OS/c1-18-14(20)13-12(17)11(6-16)15(21-13)19-7-9-4-2-3-5-10(9)8-19/h2-5H,7-8,17H2,1H3,(H,18,20). The molecule has 2 heterocycles. The number of anilines is 2. The van der Waals surface area contributed by atoms with Crippen molar-refractivity contribution in [3.05, 3.63) is 45.8 Å². The highest BCUT2D eigenvalue weighted by Crippen LogP contribution is 2.41. The van der Waals surface area contributed by atoms with Crippen LogP contribution in [-0.2, 0) is 13.1 Å². The second-order valence-corrected chi connectivity index (χ2v) is 5.84. The van der Waals surface area contributed by atoms with Crippen molar-refractivity contribution in [3.8, 4) is 6.07 Å². The smallest absolute Gasteiger partial charge is 0.263 e. The molecule has 1 aliphatic heterocycles. The molecule has 3 rings (SSSR count). The fraction of sp³-hybridized carbons (Fsp3) is 0.200. The van der Waals surface area contributed by atoms with Crippen molar-refractivity contribution in [2.24, 2.45) is 0 Å². The van der Waals surface area contributed by atoms with Gasteiger partial charge in [0.1, 0.15) is 21.5 Å². The normalized spacial score (nSPS) is 12.9. The molecule has 0 saturated carbocycles. The summed E-state index contributed by atoms with van der Waals surface area (Å²) in [5, 5.41) is 12.7. The number of carbonyl (C=O) groups excluding carboxylic acids is 1. The van der Waals surface area contributed by atoms with E-state index in [9.17, 15) is 10.1 Å². The van der Waals surface area contributed by atoms with Crippen molar-refractivity contribution in [1.29, 1.82) is 5.26 Å². The maximum atomic E-state index is 11.8. The van der Waals surface area contributed by atoms with Gasteiger partial charge in [0.05, 0.1) is 5.69 Å². The van der Waals surface area contributed by atoms with Crippen molar-refractivity contribution in [1.82, 2.24) is 5.32 Å². The Kier molecular flexibility index (Phi) is 3.28. The van der Waals surface area contributed by atoms with Gasteiger partial charge < -0.3 is 16.0 Å². The summed E-state index contributed by atoms with van der Waals surface area (Å²) >= 11 is 1.28. The third-order valence-corrected chi connectivity index (χ3v) is 4.86. The number of benzene rings is 1. The van der Waals surface area contributed by atoms with Gasteiger partial charge in [-0.05, 0) is 11.1 Å². The van der Waals surface area contributed by atoms with E-state index in [1.807, 2.05) is 12.1 Å². The zero-order valence-electron chi connectivity index (χ0n) is 11.5. The largest absolute Gasteiger partial charge is 0.396 e.